The van der Waals surface area contributed by atoms with Gasteiger partial charge in [0.25, 0.3) is 0 Å². The first-order valence-corrected chi connectivity index (χ1v) is 8.65. The SMILES string of the molecule is Cl.O=C(CN1CCN(c2ccccc2Cl)CC1)Nc1cccc(Cl)c1. The third-order valence-electron chi connectivity index (χ3n) is 4.04. The summed E-state index contributed by atoms with van der Waals surface area (Å²) in [5.74, 6) is -0.0246. The van der Waals surface area contributed by atoms with Gasteiger partial charge < -0.3 is 10.2 Å². The Balaban J connectivity index is 0.00000225. The maximum absolute atomic E-state index is 12.2. The fourth-order valence-corrected chi connectivity index (χ4v) is 3.27. The number of hydrogen-bond donors (Lipinski definition) is 1. The molecule has 0 unspecified atom stereocenters. The molecule has 2 aromatic rings. The van der Waals surface area contributed by atoms with Crippen LogP contribution in [0, 0.1) is 0 Å². The maximum atomic E-state index is 12.2. The molecule has 2 aromatic carbocycles. The minimum Gasteiger partial charge on any atom is -0.368 e. The molecule has 0 spiro atoms. The van der Waals surface area contributed by atoms with E-state index in [1.54, 1.807) is 12.1 Å². The number of anilines is 2. The van der Waals surface area contributed by atoms with E-state index in [4.69, 9.17) is 23.2 Å². The highest BCUT2D eigenvalue weighted by Crippen LogP contribution is 2.26. The lowest BCUT2D eigenvalue weighted by Crippen LogP contribution is -2.48. The zero-order chi connectivity index (χ0) is 16.9. The Bertz CT molecular complexity index is 718. The van der Waals surface area contributed by atoms with E-state index in [2.05, 4.69) is 15.1 Å². The molecule has 0 aromatic heterocycles. The summed E-state index contributed by atoms with van der Waals surface area (Å²) in [6.45, 7) is 3.74. The van der Waals surface area contributed by atoms with Gasteiger partial charge in [-0.05, 0) is 30.3 Å². The molecule has 1 aliphatic heterocycles. The molecule has 3 rings (SSSR count). The van der Waals surface area contributed by atoms with E-state index >= 15 is 0 Å². The number of hydrogen-bond acceptors (Lipinski definition) is 3. The first-order valence-electron chi connectivity index (χ1n) is 7.89. The van der Waals surface area contributed by atoms with E-state index in [0.29, 0.717) is 11.6 Å². The Kier molecular flexibility index (Phi) is 7.38. The molecule has 1 heterocycles. The Morgan fingerprint density at radius 1 is 1.00 bits per heavy atom. The van der Waals surface area contributed by atoms with Crippen LogP contribution in [0.25, 0.3) is 0 Å². The minimum atomic E-state index is -0.0246. The van der Waals surface area contributed by atoms with E-state index < -0.39 is 0 Å². The van der Waals surface area contributed by atoms with Gasteiger partial charge in [0.2, 0.25) is 5.91 Å². The van der Waals surface area contributed by atoms with Crippen LogP contribution in [0.2, 0.25) is 10.0 Å². The summed E-state index contributed by atoms with van der Waals surface area (Å²) in [5.41, 5.74) is 1.78. The summed E-state index contributed by atoms with van der Waals surface area (Å²) in [6, 6.07) is 15.0. The molecule has 1 amide bonds. The second kappa shape index (κ2) is 9.30. The summed E-state index contributed by atoms with van der Waals surface area (Å²) >= 11 is 12.2. The number of carbonyl (C=O) groups is 1. The van der Waals surface area contributed by atoms with Gasteiger partial charge in [-0.3, -0.25) is 9.69 Å². The highest BCUT2D eigenvalue weighted by Gasteiger charge is 2.20. The molecule has 0 saturated carbocycles. The second-order valence-corrected chi connectivity index (χ2v) is 6.62. The molecule has 0 aliphatic carbocycles. The van der Waals surface area contributed by atoms with E-state index in [9.17, 15) is 4.79 Å². The van der Waals surface area contributed by atoms with E-state index in [1.165, 1.54) is 0 Å². The van der Waals surface area contributed by atoms with E-state index in [0.717, 1.165) is 42.6 Å². The van der Waals surface area contributed by atoms with Crippen molar-refractivity contribution in [3.8, 4) is 0 Å². The van der Waals surface area contributed by atoms with Gasteiger partial charge in [-0.25, -0.2) is 0 Å². The fourth-order valence-electron chi connectivity index (χ4n) is 2.82. The topological polar surface area (TPSA) is 35.6 Å². The van der Waals surface area contributed by atoms with Gasteiger partial charge in [-0.15, -0.1) is 12.4 Å². The lowest BCUT2D eigenvalue weighted by molar-refractivity contribution is -0.117. The van der Waals surface area contributed by atoms with Crippen LogP contribution in [-0.4, -0.2) is 43.5 Å². The molecule has 4 nitrogen and oxygen atoms in total. The number of piperazine rings is 1. The molecule has 0 atom stereocenters. The molecule has 7 heteroatoms. The lowest BCUT2D eigenvalue weighted by Gasteiger charge is -2.36. The highest BCUT2D eigenvalue weighted by molar-refractivity contribution is 6.33. The van der Waals surface area contributed by atoms with Crippen LogP contribution in [-0.2, 0) is 4.79 Å². The van der Waals surface area contributed by atoms with Crippen LogP contribution in [0.15, 0.2) is 48.5 Å². The second-order valence-electron chi connectivity index (χ2n) is 5.77. The molecule has 134 valence electrons. The number of halogens is 3. The van der Waals surface area contributed by atoms with Crippen LogP contribution in [0.3, 0.4) is 0 Å². The van der Waals surface area contributed by atoms with Crippen molar-refractivity contribution in [1.82, 2.24) is 4.90 Å². The number of nitrogens with zero attached hydrogens (tertiary/aromatic N) is 2. The average Bonchev–Trinajstić information content (AvgIpc) is 2.56. The number of para-hydroxylation sites is 1. The van der Waals surface area contributed by atoms with Gasteiger partial charge in [-0.1, -0.05) is 41.4 Å². The summed E-state index contributed by atoms with van der Waals surface area (Å²) in [7, 11) is 0. The van der Waals surface area contributed by atoms with Crippen molar-refractivity contribution in [2.45, 2.75) is 0 Å². The van der Waals surface area contributed by atoms with Crippen molar-refractivity contribution in [3.63, 3.8) is 0 Å². The van der Waals surface area contributed by atoms with Crippen LogP contribution >= 0.6 is 35.6 Å². The quantitative estimate of drug-likeness (QED) is 0.836. The van der Waals surface area contributed by atoms with Crippen LogP contribution in [0.5, 0.6) is 0 Å². The monoisotopic (exact) mass is 399 g/mol. The lowest BCUT2D eigenvalue weighted by atomic mass is 10.2. The van der Waals surface area contributed by atoms with Gasteiger partial charge in [0, 0.05) is 36.9 Å². The zero-order valence-electron chi connectivity index (χ0n) is 13.6. The largest absolute Gasteiger partial charge is 0.368 e. The first kappa shape index (κ1) is 19.9. The van der Waals surface area contributed by atoms with Gasteiger partial charge >= 0.3 is 0 Å². The minimum absolute atomic E-state index is 0. The Morgan fingerprint density at radius 3 is 2.40 bits per heavy atom. The molecule has 1 aliphatic rings. The predicted molar refractivity (Wildman–Crippen MR) is 107 cm³/mol. The maximum Gasteiger partial charge on any atom is 0.238 e. The van der Waals surface area contributed by atoms with Crippen molar-refractivity contribution >= 4 is 52.9 Å². The van der Waals surface area contributed by atoms with Crippen LogP contribution in [0.4, 0.5) is 11.4 Å². The summed E-state index contributed by atoms with van der Waals surface area (Å²) < 4.78 is 0. The van der Waals surface area contributed by atoms with Gasteiger partial charge in [0.05, 0.1) is 17.3 Å². The van der Waals surface area contributed by atoms with Crippen molar-refractivity contribution in [1.29, 1.82) is 0 Å². The molecule has 1 N–H and O–H groups in total. The Hall–Kier alpha value is -1.46. The molecule has 1 saturated heterocycles. The first-order chi connectivity index (χ1) is 11.6. The third-order valence-corrected chi connectivity index (χ3v) is 4.60. The van der Waals surface area contributed by atoms with Gasteiger partial charge in [-0.2, -0.15) is 0 Å². The molecular formula is C18H20Cl3N3O. The molecule has 1 fully saturated rings. The number of nitrogens with one attached hydrogen (secondary N) is 1. The van der Waals surface area contributed by atoms with Crippen molar-refractivity contribution < 1.29 is 4.79 Å². The summed E-state index contributed by atoms with van der Waals surface area (Å²) in [6.07, 6.45) is 0. The van der Waals surface area contributed by atoms with Crippen LogP contribution in [0.1, 0.15) is 0 Å². The Labute approximate surface area is 164 Å². The average molecular weight is 401 g/mol. The van der Waals surface area contributed by atoms with E-state index in [1.807, 2.05) is 36.4 Å². The molecular weight excluding hydrogens is 381 g/mol. The smallest absolute Gasteiger partial charge is 0.238 e. The van der Waals surface area contributed by atoms with Crippen molar-refractivity contribution in [2.24, 2.45) is 0 Å². The standard InChI is InChI=1S/C18H19Cl2N3O.ClH/c19-14-4-3-5-15(12-14)21-18(24)13-22-8-10-23(11-9-22)17-7-2-1-6-16(17)20;/h1-7,12H,8-11,13H2,(H,21,24);1H. The van der Waals surface area contributed by atoms with Crippen LogP contribution < -0.4 is 10.2 Å². The zero-order valence-corrected chi connectivity index (χ0v) is 15.9. The number of rotatable bonds is 4. The fraction of sp³-hybridized carbons (Fsp3) is 0.278. The third kappa shape index (κ3) is 5.51. The number of carbonyl (C=O) groups excluding carboxylic acids is 1. The van der Waals surface area contributed by atoms with Gasteiger partial charge in [0.15, 0.2) is 0 Å². The Morgan fingerprint density at radius 2 is 1.72 bits per heavy atom. The summed E-state index contributed by atoms with van der Waals surface area (Å²) in [4.78, 5) is 16.6. The van der Waals surface area contributed by atoms with Crippen molar-refractivity contribution in [3.05, 3.63) is 58.6 Å². The predicted octanol–water partition coefficient (Wildman–Crippen LogP) is 4.18. The molecule has 0 radical (unpaired) electrons. The molecule has 25 heavy (non-hydrogen) atoms. The van der Waals surface area contributed by atoms with E-state index in [-0.39, 0.29) is 18.3 Å². The summed E-state index contributed by atoms with van der Waals surface area (Å²) in [5, 5.41) is 4.26. The van der Waals surface area contributed by atoms with Gasteiger partial charge in [0.1, 0.15) is 0 Å². The van der Waals surface area contributed by atoms with Crippen molar-refractivity contribution in [2.75, 3.05) is 42.9 Å². The molecule has 0 bridgehead atoms. The number of benzene rings is 2. The normalized spacial score (nSPS) is 14.7. The number of amides is 1. The highest BCUT2D eigenvalue weighted by atomic mass is 35.5.